The van der Waals surface area contributed by atoms with Gasteiger partial charge in [0.25, 0.3) is 0 Å². The molecule has 0 aliphatic heterocycles. The van der Waals surface area contributed by atoms with Crippen LogP contribution in [0.15, 0.2) is 83.3 Å². The minimum atomic E-state index is 0.660. The molecule has 0 aliphatic carbocycles. The van der Waals surface area contributed by atoms with Crippen LogP contribution in [0.25, 0.3) is 0 Å². The van der Waals surface area contributed by atoms with Crippen molar-refractivity contribution in [2.75, 3.05) is 5.06 Å². The molecule has 0 fully saturated rings. The van der Waals surface area contributed by atoms with E-state index < -0.39 is 0 Å². The summed E-state index contributed by atoms with van der Waals surface area (Å²) in [5.74, 6) is 0.794. The fraction of sp³-hybridized carbons (Fsp3) is 0.0500. The molecular formula is C20H17BrNO. The van der Waals surface area contributed by atoms with E-state index in [0.29, 0.717) is 6.54 Å². The van der Waals surface area contributed by atoms with Gasteiger partial charge < -0.3 is 4.84 Å². The van der Waals surface area contributed by atoms with Crippen LogP contribution >= 0.6 is 15.9 Å². The zero-order chi connectivity index (χ0) is 16.1. The number of benzene rings is 3. The molecule has 3 heteroatoms. The number of rotatable bonds is 5. The van der Waals surface area contributed by atoms with E-state index in [2.05, 4.69) is 35.0 Å². The standard InChI is InChI=1S/C20H17BrNO/c1-16-7-11-19(12-8-16)22(15-17-5-3-2-4-6-17)23-20-13-9-18(21)10-14-20/h2-14H,1,15H2. The molecule has 2 nitrogen and oxygen atoms in total. The van der Waals surface area contributed by atoms with Crippen molar-refractivity contribution >= 4 is 21.6 Å². The number of anilines is 1. The Bertz CT molecular complexity index is 739. The molecule has 0 N–H and O–H groups in total. The summed E-state index contributed by atoms with van der Waals surface area (Å²) in [6.45, 7) is 4.59. The highest BCUT2D eigenvalue weighted by atomic mass is 79.9. The van der Waals surface area contributed by atoms with Crippen molar-refractivity contribution in [3.63, 3.8) is 0 Å². The summed E-state index contributed by atoms with van der Waals surface area (Å²) in [6.07, 6.45) is 0. The monoisotopic (exact) mass is 366 g/mol. The Morgan fingerprint density at radius 3 is 2.13 bits per heavy atom. The molecule has 0 heterocycles. The lowest BCUT2D eigenvalue weighted by Gasteiger charge is -2.25. The van der Waals surface area contributed by atoms with Crippen LogP contribution in [0.2, 0.25) is 0 Å². The summed E-state index contributed by atoms with van der Waals surface area (Å²) in [7, 11) is 0. The first kappa shape index (κ1) is 15.6. The van der Waals surface area contributed by atoms with E-state index in [-0.39, 0.29) is 0 Å². The maximum absolute atomic E-state index is 6.09. The molecule has 0 unspecified atom stereocenters. The van der Waals surface area contributed by atoms with Crippen molar-refractivity contribution < 1.29 is 4.84 Å². The van der Waals surface area contributed by atoms with Crippen LogP contribution in [0.5, 0.6) is 5.75 Å². The highest BCUT2D eigenvalue weighted by Gasteiger charge is 2.10. The van der Waals surface area contributed by atoms with E-state index in [1.54, 1.807) is 0 Å². The third-order valence-electron chi connectivity index (χ3n) is 3.42. The van der Waals surface area contributed by atoms with E-state index in [9.17, 15) is 0 Å². The van der Waals surface area contributed by atoms with Gasteiger partial charge in [-0.05, 0) is 54.4 Å². The van der Waals surface area contributed by atoms with Crippen LogP contribution in [-0.2, 0) is 6.54 Å². The molecular weight excluding hydrogens is 350 g/mol. The number of nitrogens with zero attached hydrogens (tertiary/aromatic N) is 1. The number of hydrogen-bond donors (Lipinski definition) is 0. The Morgan fingerprint density at radius 1 is 0.826 bits per heavy atom. The molecule has 1 radical (unpaired) electrons. The highest BCUT2D eigenvalue weighted by molar-refractivity contribution is 9.10. The second-order valence-corrected chi connectivity index (χ2v) is 6.15. The van der Waals surface area contributed by atoms with Gasteiger partial charge in [0.05, 0.1) is 12.2 Å². The van der Waals surface area contributed by atoms with Gasteiger partial charge in [-0.1, -0.05) is 58.4 Å². The second kappa shape index (κ2) is 7.34. The lowest BCUT2D eigenvalue weighted by atomic mass is 10.2. The summed E-state index contributed by atoms with van der Waals surface area (Å²) in [5.41, 5.74) is 3.16. The topological polar surface area (TPSA) is 12.5 Å². The molecule has 0 bridgehead atoms. The Balaban J connectivity index is 1.86. The van der Waals surface area contributed by atoms with Crippen molar-refractivity contribution in [1.82, 2.24) is 0 Å². The van der Waals surface area contributed by atoms with Gasteiger partial charge in [0.1, 0.15) is 0 Å². The molecule has 0 spiro atoms. The van der Waals surface area contributed by atoms with Gasteiger partial charge in [-0.3, -0.25) is 0 Å². The van der Waals surface area contributed by atoms with Crippen LogP contribution < -0.4 is 9.90 Å². The fourth-order valence-electron chi connectivity index (χ4n) is 2.21. The van der Waals surface area contributed by atoms with Gasteiger partial charge in [0, 0.05) is 4.47 Å². The maximum atomic E-state index is 6.09. The first-order valence-corrected chi connectivity index (χ1v) is 8.17. The molecule has 23 heavy (non-hydrogen) atoms. The molecule has 0 amide bonds. The molecule has 0 atom stereocenters. The van der Waals surface area contributed by atoms with Crippen molar-refractivity contribution in [2.24, 2.45) is 0 Å². The van der Waals surface area contributed by atoms with Gasteiger partial charge in [-0.15, -0.1) is 0 Å². The van der Waals surface area contributed by atoms with Crippen LogP contribution in [0.1, 0.15) is 11.1 Å². The average molecular weight is 367 g/mol. The van der Waals surface area contributed by atoms with Crippen molar-refractivity contribution in [2.45, 2.75) is 6.54 Å². The van der Waals surface area contributed by atoms with Crippen LogP contribution in [0.4, 0.5) is 5.69 Å². The predicted molar refractivity (Wildman–Crippen MR) is 98.3 cm³/mol. The second-order valence-electron chi connectivity index (χ2n) is 5.23. The van der Waals surface area contributed by atoms with Gasteiger partial charge in [-0.25, -0.2) is 5.06 Å². The Hall–Kier alpha value is -2.26. The van der Waals surface area contributed by atoms with Gasteiger partial charge in [-0.2, -0.15) is 0 Å². The third-order valence-corrected chi connectivity index (χ3v) is 3.95. The Kier molecular flexibility index (Phi) is 4.99. The maximum Gasteiger partial charge on any atom is 0.155 e. The van der Waals surface area contributed by atoms with Crippen LogP contribution in [0.3, 0.4) is 0 Å². The van der Waals surface area contributed by atoms with Crippen LogP contribution in [-0.4, -0.2) is 0 Å². The van der Waals surface area contributed by atoms with Gasteiger partial charge >= 0.3 is 0 Å². The van der Waals surface area contributed by atoms with Crippen molar-refractivity contribution in [3.05, 3.63) is 101 Å². The first-order valence-electron chi connectivity index (χ1n) is 7.38. The van der Waals surface area contributed by atoms with Gasteiger partial charge in [0.15, 0.2) is 5.75 Å². The summed E-state index contributed by atoms with van der Waals surface area (Å²) < 4.78 is 1.03. The summed E-state index contributed by atoms with van der Waals surface area (Å²) >= 11 is 3.44. The van der Waals surface area contributed by atoms with E-state index in [4.69, 9.17) is 4.84 Å². The fourth-order valence-corrected chi connectivity index (χ4v) is 2.47. The van der Waals surface area contributed by atoms with E-state index in [0.717, 1.165) is 21.5 Å². The van der Waals surface area contributed by atoms with Crippen molar-refractivity contribution in [3.8, 4) is 5.75 Å². The normalized spacial score (nSPS) is 10.3. The molecule has 115 valence electrons. The van der Waals surface area contributed by atoms with Crippen LogP contribution in [0, 0.1) is 6.92 Å². The zero-order valence-electron chi connectivity index (χ0n) is 12.7. The number of hydroxylamine groups is 1. The average Bonchev–Trinajstić information content (AvgIpc) is 2.58. The quantitative estimate of drug-likeness (QED) is 0.542. The minimum Gasteiger partial charge on any atom is -0.379 e. The molecule has 0 saturated heterocycles. The van der Waals surface area contributed by atoms with Crippen molar-refractivity contribution in [1.29, 1.82) is 0 Å². The van der Waals surface area contributed by atoms with Gasteiger partial charge in [0.2, 0.25) is 0 Å². The van der Waals surface area contributed by atoms with E-state index >= 15 is 0 Å². The Labute approximate surface area is 145 Å². The predicted octanol–water partition coefficient (Wildman–Crippen LogP) is 5.63. The minimum absolute atomic E-state index is 0.660. The Morgan fingerprint density at radius 2 is 1.48 bits per heavy atom. The lowest BCUT2D eigenvalue weighted by molar-refractivity contribution is 0.274. The number of hydrogen-bond acceptors (Lipinski definition) is 2. The lowest BCUT2D eigenvalue weighted by Crippen LogP contribution is -2.26. The SMILES string of the molecule is [CH2]c1ccc(N(Cc2ccccc2)Oc2ccc(Br)cc2)cc1. The summed E-state index contributed by atoms with van der Waals surface area (Å²) in [6, 6.07) is 26.1. The number of halogens is 1. The summed E-state index contributed by atoms with van der Waals surface area (Å²) in [5, 5.41) is 1.89. The molecule has 0 aliphatic rings. The highest BCUT2D eigenvalue weighted by Crippen LogP contribution is 2.23. The van der Waals surface area contributed by atoms with E-state index in [1.165, 1.54) is 5.56 Å². The molecule has 0 saturated carbocycles. The van der Waals surface area contributed by atoms with E-state index in [1.807, 2.05) is 71.8 Å². The molecule has 0 aromatic heterocycles. The molecule has 3 aromatic carbocycles. The summed E-state index contributed by atoms with van der Waals surface area (Å²) in [4.78, 5) is 6.09. The molecule has 3 rings (SSSR count). The first-order chi connectivity index (χ1) is 11.2. The third kappa shape index (κ3) is 4.36. The molecule has 3 aromatic rings. The smallest absolute Gasteiger partial charge is 0.155 e. The zero-order valence-corrected chi connectivity index (χ0v) is 14.2. The largest absolute Gasteiger partial charge is 0.379 e.